The molecule has 0 radical (unpaired) electrons. The highest BCUT2D eigenvalue weighted by molar-refractivity contribution is 5.94. The minimum atomic E-state index is -0.466. The average Bonchev–Trinajstić information content (AvgIpc) is 3.40. The zero-order valence-corrected chi connectivity index (χ0v) is 19.9. The highest BCUT2D eigenvalue weighted by Crippen LogP contribution is 2.31. The van der Waals surface area contributed by atoms with E-state index in [0.717, 1.165) is 17.5 Å². The summed E-state index contributed by atoms with van der Waals surface area (Å²) in [5, 5.41) is 16.9. The predicted octanol–water partition coefficient (Wildman–Crippen LogP) is 5.16. The van der Waals surface area contributed by atoms with E-state index in [0.29, 0.717) is 35.7 Å². The minimum absolute atomic E-state index is 0.0548. The van der Waals surface area contributed by atoms with Gasteiger partial charge in [0.2, 0.25) is 5.91 Å². The molecule has 186 valence electrons. The van der Waals surface area contributed by atoms with Crippen LogP contribution in [0.3, 0.4) is 0 Å². The van der Waals surface area contributed by atoms with Gasteiger partial charge in [-0.25, -0.2) is 0 Å². The average molecular weight is 496 g/mol. The second-order valence-corrected chi connectivity index (χ2v) is 8.22. The molecule has 8 nitrogen and oxygen atoms in total. The van der Waals surface area contributed by atoms with Crippen molar-refractivity contribution in [1.29, 1.82) is 0 Å². The first-order valence-electron chi connectivity index (χ1n) is 11.7. The molecule has 37 heavy (non-hydrogen) atoms. The number of benzene rings is 3. The summed E-state index contributed by atoms with van der Waals surface area (Å²) in [6.07, 6.45) is 3.59. The Morgan fingerprint density at radius 2 is 1.57 bits per heavy atom. The summed E-state index contributed by atoms with van der Waals surface area (Å²) < 4.78 is 5.65. The van der Waals surface area contributed by atoms with Gasteiger partial charge in [0.05, 0.1) is 10.5 Å². The van der Waals surface area contributed by atoms with Gasteiger partial charge >= 0.3 is 0 Å². The van der Waals surface area contributed by atoms with Crippen LogP contribution in [-0.4, -0.2) is 23.3 Å². The maximum absolute atomic E-state index is 12.3. The number of hydrogen-bond acceptors (Lipinski definition) is 5. The van der Waals surface area contributed by atoms with Crippen molar-refractivity contribution in [1.82, 2.24) is 10.6 Å². The molecular weight excluding hydrogens is 470 g/mol. The number of nitrogens with one attached hydrogen (secondary N) is 2. The molecule has 8 heteroatoms. The van der Waals surface area contributed by atoms with Gasteiger partial charge in [-0.15, -0.1) is 0 Å². The molecule has 0 aliphatic rings. The van der Waals surface area contributed by atoms with Crippen molar-refractivity contribution in [3.63, 3.8) is 0 Å². The minimum Gasteiger partial charge on any atom is -0.456 e. The van der Waals surface area contributed by atoms with E-state index in [2.05, 4.69) is 10.6 Å². The molecule has 0 unspecified atom stereocenters. The molecule has 0 atom stereocenters. The van der Waals surface area contributed by atoms with Crippen molar-refractivity contribution in [2.45, 2.75) is 13.0 Å². The lowest BCUT2D eigenvalue weighted by molar-refractivity contribution is -0.384. The van der Waals surface area contributed by atoms with E-state index in [9.17, 15) is 19.7 Å². The monoisotopic (exact) mass is 495 g/mol. The molecular formula is C29H25N3O5. The molecule has 0 fully saturated rings. The summed E-state index contributed by atoms with van der Waals surface area (Å²) in [6, 6.07) is 26.5. The summed E-state index contributed by atoms with van der Waals surface area (Å²) in [7, 11) is 0. The SMILES string of the molecule is O=C(/C=C/c1ccc(-c2ccccc2[N+](=O)[O-])o1)NCc1ccc(C(=O)NCCc2ccccc2)cc1. The lowest BCUT2D eigenvalue weighted by atomic mass is 10.1. The summed E-state index contributed by atoms with van der Waals surface area (Å²) in [4.78, 5) is 35.3. The van der Waals surface area contributed by atoms with E-state index < -0.39 is 4.92 Å². The third kappa shape index (κ3) is 7.02. The Balaban J connectivity index is 1.25. The van der Waals surface area contributed by atoms with Crippen molar-refractivity contribution in [2.24, 2.45) is 0 Å². The van der Waals surface area contributed by atoms with E-state index in [1.165, 1.54) is 18.2 Å². The van der Waals surface area contributed by atoms with Crippen LogP contribution in [0.1, 0.15) is 27.2 Å². The zero-order valence-electron chi connectivity index (χ0n) is 19.9. The molecule has 0 aliphatic heterocycles. The fraction of sp³-hybridized carbons (Fsp3) is 0.103. The van der Waals surface area contributed by atoms with Crippen LogP contribution in [0.5, 0.6) is 0 Å². The van der Waals surface area contributed by atoms with Crippen molar-refractivity contribution < 1.29 is 18.9 Å². The summed E-state index contributed by atoms with van der Waals surface area (Å²) >= 11 is 0. The molecule has 2 amide bonds. The molecule has 0 aliphatic carbocycles. The summed E-state index contributed by atoms with van der Waals surface area (Å²) in [5.41, 5.74) is 2.87. The molecule has 0 saturated carbocycles. The van der Waals surface area contributed by atoms with Crippen LogP contribution >= 0.6 is 0 Å². The number of carbonyl (C=O) groups is 2. The number of nitrogens with zero attached hydrogens (tertiary/aromatic N) is 1. The van der Waals surface area contributed by atoms with Gasteiger partial charge in [0.1, 0.15) is 11.5 Å². The first-order valence-corrected chi connectivity index (χ1v) is 11.7. The number of hydrogen-bond donors (Lipinski definition) is 2. The Kier molecular flexibility index (Phi) is 8.23. The second kappa shape index (κ2) is 12.1. The molecule has 4 rings (SSSR count). The Hall–Kier alpha value is -4.98. The maximum atomic E-state index is 12.3. The van der Waals surface area contributed by atoms with Crippen LogP contribution in [0.4, 0.5) is 5.69 Å². The fourth-order valence-electron chi connectivity index (χ4n) is 3.68. The lowest BCUT2D eigenvalue weighted by Gasteiger charge is -2.07. The number of rotatable bonds is 10. The van der Waals surface area contributed by atoms with Crippen LogP contribution in [0.2, 0.25) is 0 Å². The van der Waals surface area contributed by atoms with Crippen molar-refractivity contribution in [2.75, 3.05) is 6.54 Å². The predicted molar refractivity (Wildman–Crippen MR) is 141 cm³/mol. The number of nitro groups is 1. The van der Waals surface area contributed by atoms with Crippen molar-refractivity contribution in [3.05, 3.63) is 130 Å². The van der Waals surface area contributed by atoms with E-state index in [4.69, 9.17) is 4.42 Å². The van der Waals surface area contributed by atoms with Crippen LogP contribution < -0.4 is 10.6 Å². The van der Waals surface area contributed by atoms with E-state index in [1.807, 2.05) is 30.3 Å². The second-order valence-electron chi connectivity index (χ2n) is 8.22. The Bertz CT molecular complexity index is 1410. The largest absolute Gasteiger partial charge is 0.456 e. The highest BCUT2D eigenvalue weighted by atomic mass is 16.6. The van der Waals surface area contributed by atoms with Gasteiger partial charge in [-0.3, -0.25) is 19.7 Å². The first kappa shape index (κ1) is 25.1. The van der Waals surface area contributed by atoms with Gasteiger partial charge in [0.25, 0.3) is 11.6 Å². The number of nitro benzene ring substituents is 1. The molecule has 3 aromatic carbocycles. The van der Waals surface area contributed by atoms with Gasteiger partial charge in [-0.2, -0.15) is 0 Å². The van der Waals surface area contributed by atoms with Gasteiger partial charge < -0.3 is 15.1 Å². The summed E-state index contributed by atoms with van der Waals surface area (Å²) in [6.45, 7) is 0.838. The number of carbonyl (C=O) groups excluding carboxylic acids is 2. The normalized spacial score (nSPS) is 10.8. The van der Waals surface area contributed by atoms with Crippen LogP contribution in [-0.2, 0) is 17.8 Å². The van der Waals surface area contributed by atoms with Crippen LogP contribution in [0, 0.1) is 10.1 Å². The fourth-order valence-corrected chi connectivity index (χ4v) is 3.68. The van der Waals surface area contributed by atoms with Gasteiger partial charge in [0.15, 0.2) is 0 Å². The topological polar surface area (TPSA) is 114 Å². The van der Waals surface area contributed by atoms with Crippen LogP contribution in [0.25, 0.3) is 17.4 Å². The smallest absolute Gasteiger partial charge is 0.280 e. The highest BCUT2D eigenvalue weighted by Gasteiger charge is 2.16. The standard InChI is InChI=1S/C29H25N3O5/c33-28(17-15-24-14-16-27(37-24)25-8-4-5-9-26(25)32(35)36)31-20-22-10-12-23(13-11-22)29(34)30-19-18-21-6-2-1-3-7-21/h1-17H,18-20H2,(H,30,34)(H,31,33)/b17-15+. The number of amides is 2. The first-order chi connectivity index (χ1) is 18.0. The Labute approximate surface area is 213 Å². The molecule has 0 spiro atoms. The van der Waals surface area contributed by atoms with E-state index >= 15 is 0 Å². The third-order valence-corrected chi connectivity index (χ3v) is 5.62. The van der Waals surface area contributed by atoms with E-state index in [1.54, 1.807) is 54.6 Å². The zero-order chi connectivity index (χ0) is 26.0. The molecule has 0 bridgehead atoms. The summed E-state index contributed by atoms with van der Waals surface area (Å²) in [5.74, 6) is 0.266. The van der Waals surface area contributed by atoms with E-state index in [-0.39, 0.29) is 17.5 Å². The van der Waals surface area contributed by atoms with Crippen LogP contribution in [0.15, 0.2) is 101 Å². The van der Waals surface area contributed by atoms with Gasteiger partial charge in [0, 0.05) is 30.8 Å². The molecule has 4 aromatic rings. The number of furan rings is 1. The van der Waals surface area contributed by atoms with Crippen molar-refractivity contribution in [3.8, 4) is 11.3 Å². The van der Waals surface area contributed by atoms with Crippen molar-refractivity contribution >= 4 is 23.6 Å². The Morgan fingerprint density at radius 3 is 2.32 bits per heavy atom. The molecule has 2 N–H and O–H groups in total. The quantitative estimate of drug-likeness (QED) is 0.179. The Morgan fingerprint density at radius 1 is 0.838 bits per heavy atom. The van der Waals surface area contributed by atoms with Gasteiger partial charge in [-0.05, 0) is 54.0 Å². The number of para-hydroxylation sites is 1. The molecule has 1 aromatic heterocycles. The third-order valence-electron chi connectivity index (χ3n) is 5.62. The lowest BCUT2D eigenvalue weighted by Crippen LogP contribution is -2.25. The molecule has 1 heterocycles. The maximum Gasteiger partial charge on any atom is 0.280 e. The molecule has 0 saturated heterocycles. The van der Waals surface area contributed by atoms with Gasteiger partial charge in [-0.1, -0.05) is 54.6 Å².